The highest BCUT2D eigenvalue weighted by Crippen LogP contribution is 1.93. The van der Waals surface area contributed by atoms with Crippen molar-refractivity contribution >= 4 is 0 Å². The van der Waals surface area contributed by atoms with Crippen molar-refractivity contribution in [3.63, 3.8) is 0 Å². The van der Waals surface area contributed by atoms with Crippen LogP contribution in [0.15, 0.2) is 0 Å². The first-order chi connectivity index (χ1) is 8.91. The maximum atomic E-state index is 5.35. The molecule has 0 saturated heterocycles. The minimum Gasteiger partial charge on any atom is -0.379 e. The molecule has 0 aliphatic carbocycles. The molecule has 4 nitrogen and oxygen atoms in total. The first kappa shape index (κ1) is 19.7. The molecule has 0 fully saturated rings. The van der Waals surface area contributed by atoms with Crippen LogP contribution in [0.1, 0.15) is 33.1 Å². The lowest BCUT2D eigenvalue weighted by molar-refractivity contribution is 0.0154. The van der Waals surface area contributed by atoms with Crippen molar-refractivity contribution in [1.82, 2.24) is 0 Å². The molecule has 0 atom stereocenters. The minimum absolute atomic E-state index is 0.556. The van der Waals surface area contributed by atoms with Crippen LogP contribution in [-0.2, 0) is 14.2 Å². The first-order valence-electron chi connectivity index (χ1n) is 6.78. The molecule has 0 saturated carbocycles. The lowest BCUT2D eigenvalue weighted by Crippen LogP contribution is -2.13. The summed E-state index contributed by atoms with van der Waals surface area (Å²) in [4.78, 5) is 0. The van der Waals surface area contributed by atoms with Crippen molar-refractivity contribution in [2.24, 2.45) is 5.73 Å². The van der Waals surface area contributed by atoms with E-state index in [1.807, 2.05) is 13.8 Å². The number of ether oxygens (including phenoxy) is 3. The van der Waals surface area contributed by atoms with Crippen LogP contribution in [-0.4, -0.2) is 46.2 Å². The van der Waals surface area contributed by atoms with E-state index in [0.717, 1.165) is 25.9 Å². The molecule has 108 valence electrons. The molecule has 0 rings (SSSR count). The molecule has 0 aliphatic heterocycles. The lowest BCUT2D eigenvalue weighted by atomic mass is 10.2. The Hall–Kier alpha value is -0.600. The zero-order valence-corrected chi connectivity index (χ0v) is 12.0. The van der Waals surface area contributed by atoms with Gasteiger partial charge in [0.1, 0.15) is 0 Å². The molecule has 0 amide bonds. The molecule has 2 N–H and O–H groups in total. The standard InChI is InChI=1S/C12H23NO3.C2H6/c1-2-3-4-5-7-14-9-11-16-12-10-15-8-6-13;1-2/h1H,3-13H2;1-2H3. The number of hydrogen-bond donors (Lipinski definition) is 1. The normalized spacial score (nSPS) is 9.44. The maximum absolute atomic E-state index is 5.35. The monoisotopic (exact) mass is 259 g/mol. The van der Waals surface area contributed by atoms with Gasteiger partial charge in [0.05, 0.1) is 33.0 Å². The number of unbranched alkanes of at least 4 members (excludes halogenated alkanes) is 2. The van der Waals surface area contributed by atoms with Gasteiger partial charge in [-0.2, -0.15) is 0 Å². The van der Waals surface area contributed by atoms with E-state index in [4.69, 9.17) is 26.4 Å². The fraction of sp³-hybridized carbons (Fsp3) is 0.857. The third-order valence-corrected chi connectivity index (χ3v) is 1.87. The molecule has 0 heterocycles. The Morgan fingerprint density at radius 3 is 1.83 bits per heavy atom. The quantitative estimate of drug-likeness (QED) is 0.429. The molecule has 0 aromatic rings. The molecule has 0 unspecified atom stereocenters. The Kier molecular flexibility index (Phi) is 23.7. The van der Waals surface area contributed by atoms with E-state index in [0.29, 0.717) is 39.6 Å². The fourth-order valence-corrected chi connectivity index (χ4v) is 1.06. The number of hydrogen-bond acceptors (Lipinski definition) is 4. The second-order valence-electron chi connectivity index (χ2n) is 3.29. The van der Waals surface area contributed by atoms with Gasteiger partial charge in [0.25, 0.3) is 0 Å². The summed E-state index contributed by atoms with van der Waals surface area (Å²) in [6.45, 7) is 8.35. The summed E-state index contributed by atoms with van der Waals surface area (Å²) in [5.41, 5.74) is 5.26. The van der Waals surface area contributed by atoms with E-state index < -0.39 is 0 Å². The molecule has 0 bridgehead atoms. The van der Waals surface area contributed by atoms with Gasteiger partial charge in [-0.3, -0.25) is 0 Å². The smallest absolute Gasteiger partial charge is 0.0701 e. The lowest BCUT2D eigenvalue weighted by Gasteiger charge is -2.05. The molecular formula is C14H29NO3. The van der Waals surface area contributed by atoms with E-state index in [-0.39, 0.29) is 0 Å². The van der Waals surface area contributed by atoms with Crippen molar-refractivity contribution in [3.05, 3.63) is 0 Å². The third-order valence-electron chi connectivity index (χ3n) is 1.87. The van der Waals surface area contributed by atoms with Crippen molar-refractivity contribution < 1.29 is 14.2 Å². The highest BCUT2D eigenvalue weighted by atomic mass is 16.5. The molecule has 4 heteroatoms. The van der Waals surface area contributed by atoms with Crippen LogP contribution in [0.4, 0.5) is 0 Å². The van der Waals surface area contributed by atoms with E-state index in [1.54, 1.807) is 0 Å². The highest BCUT2D eigenvalue weighted by Gasteiger charge is 1.91. The van der Waals surface area contributed by atoms with E-state index >= 15 is 0 Å². The first-order valence-corrected chi connectivity index (χ1v) is 6.78. The molecule has 0 aromatic carbocycles. The number of terminal acetylenes is 1. The molecule has 0 aromatic heterocycles. The summed E-state index contributed by atoms with van der Waals surface area (Å²) in [5, 5.41) is 0. The third kappa shape index (κ3) is 20.8. The fourth-order valence-electron chi connectivity index (χ4n) is 1.06. The van der Waals surface area contributed by atoms with Gasteiger partial charge in [0.2, 0.25) is 0 Å². The zero-order valence-electron chi connectivity index (χ0n) is 12.0. The molecule has 0 radical (unpaired) electrons. The van der Waals surface area contributed by atoms with Gasteiger partial charge in [0, 0.05) is 19.6 Å². The zero-order chi connectivity index (χ0) is 13.9. The van der Waals surface area contributed by atoms with Crippen LogP contribution >= 0.6 is 0 Å². The van der Waals surface area contributed by atoms with Gasteiger partial charge in [-0.1, -0.05) is 13.8 Å². The summed E-state index contributed by atoms with van der Waals surface area (Å²) >= 11 is 0. The summed E-state index contributed by atoms with van der Waals surface area (Å²) in [6, 6.07) is 0. The average molecular weight is 259 g/mol. The average Bonchev–Trinajstić information content (AvgIpc) is 2.42. The largest absolute Gasteiger partial charge is 0.379 e. The van der Waals surface area contributed by atoms with Gasteiger partial charge >= 0.3 is 0 Å². The number of nitrogens with two attached hydrogens (primary N) is 1. The van der Waals surface area contributed by atoms with Gasteiger partial charge in [0.15, 0.2) is 0 Å². The maximum Gasteiger partial charge on any atom is 0.0701 e. The van der Waals surface area contributed by atoms with Crippen molar-refractivity contribution in [1.29, 1.82) is 0 Å². The van der Waals surface area contributed by atoms with Crippen LogP contribution in [0.3, 0.4) is 0 Å². The molecule has 0 spiro atoms. The Balaban J connectivity index is 0. The van der Waals surface area contributed by atoms with Gasteiger partial charge < -0.3 is 19.9 Å². The van der Waals surface area contributed by atoms with Crippen LogP contribution in [0, 0.1) is 12.3 Å². The number of rotatable bonds is 12. The van der Waals surface area contributed by atoms with E-state index in [1.165, 1.54) is 0 Å². The SMILES string of the molecule is C#CCCCCOCCOCCOCCN.CC. The predicted molar refractivity (Wildman–Crippen MR) is 75.5 cm³/mol. The Morgan fingerprint density at radius 2 is 1.33 bits per heavy atom. The van der Waals surface area contributed by atoms with Crippen molar-refractivity contribution in [2.45, 2.75) is 33.1 Å². The van der Waals surface area contributed by atoms with Crippen LogP contribution in [0.2, 0.25) is 0 Å². The summed E-state index contributed by atoms with van der Waals surface area (Å²) in [6.07, 6.45) is 8.01. The second kappa shape index (κ2) is 21.7. The van der Waals surface area contributed by atoms with Gasteiger partial charge in [-0.15, -0.1) is 12.3 Å². The Morgan fingerprint density at radius 1 is 0.833 bits per heavy atom. The molecule has 18 heavy (non-hydrogen) atoms. The van der Waals surface area contributed by atoms with E-state index in [9.17, 15) is 0 Å². The Labute approximate surface area is 112 Å². The molecular weight excluding hydrogens is 230 g/mol. The second-order valence-corrected chi connectivity index (χ2v) is 3.29. The van der Waals surface area contributed by atoms with Crippen LogP contribution in [0.5, 0.6) is 0 Å². The summed E-state index contributed by atoms with van der Waals surface area (Å²) < 4.78 is 15.8. The topological polar surface area (TPSA) is 53.7 Å². The van der Waals surface area contributed by atoms with Crippen molar-refractivity contribution in [3.8, 4) is 12.3 Å². The van der Waals surface area contributed by atoms with Gasteiger partial charge in [-0.25, -0.2) is 0 Å². The van der Waals surface area contributed by atoms with E-state index in [2.05, 4.69) is 5.92 Å². The van der Waals surface area contributed by atoms with Crippen LogP contribution in [0.25, 0.3) is 0 Å². The highest BCUT2D eigenvalue weighted by molar-refractivity contribution is 4.82. The summed E-state index contributed by atoms with van der Waals surface area (Å²) in [7, 11) is 0. The summed E-state index contributed by atoms with van der Waals surface area (Å²) in [5.74, 6) is 2.60. The van der Waals surface area contributed by atoms with Gasteiger partial charge in [-0.05, 0) is 12.8 Å². The van der Waals surface area contributed by atoms with Crippen LogP contribution < -0.4 is 5.73 Å². The van der Waals surface area contributed by atoms with Crippen molar-refractivity contribution in [2.75, 3.05) is 46.2 Å². The predicted octanol–water partition coefficient (Wildman–Crippen LogP) is 1.82. The molecule has 0 aliphatic rings. The Bertz CT molecular complexity index is 169. The minimum atomic E-state index is 0.556.